The predicted octanol–water partition coefficient (Wildman–Crippen LogP) is 0.188. The van der Waals surface area contributed by atoms with Crippen LogP contribution in [-0.4, -0.2) is 34.6 Å². The van der Waals surface area contributed by atoms with Crippen LogP contribution in [0.25, 0.3) is 0 Å². The van der Waals surface area contributed by atoms with E-state index in [1.165, 1.54) is 18.5 Å². The van der Waals surface area contributed by atoms with Gasteiger partial charge in [-0.1, -0.05) is 0 Å². The van der Waals surface area contributed by atoms with Gasteiger partial charge in [0.2, 0.25) is 11.9 Å². The third-order valence-corrected chi connectivity index (χ3v) is 1.70. The van der Waals surface area contributed by atoms with Crippen LogP contribution in [0.4, 0.5) is 0 Å². The molecule has 5 nitrogen and oxygen atoms in total. The molecule has 15 heavy (non-hydrogen) atoms. The van der Waals surface area contributed by atoms with Crippen molar-refractivity contribution < 1.29 is 19.4 Å². The first-order valence-corrected chi connectivity index (χ1v) is 4.45. The predicted molar refractivity (Wildman–Crippen MR) is 51.2 cm³/mol. The molecule has 0 bridgehead atoms. The molecule has 0 aromatic carbocycles. The van der Waals surface area contributed by atoms with E-state index < -0.39 is 17.9 Å². The summed E-state index contributed by atoms with van der Waals surface area (Å²) in [5.41, 5.74) is 0.179. The molecule has 0 radical (unpaired) electrons. The molecule has 0 aliphatic carbocycles. The zero-order valence-corrected chi connectivity index (χ0v) is 8.21. The van der Waals surface area contributed by atoms with Crippen LogP contribution >= 0.6 is 0 Å². The van der Waals surface area contributed by atoms with E-state index in [-0.39, 0.29) is 12.2 Å². The number of rotatable bonds is 4. The number of hydrogen-bond donors (Lipinski definition) is 1. The van der Waals surface area contributed by atoms with Crippen molar-refractivity contribution in [3.8, 4) is 0 Å². The minimum atomic E-state index is -1.77. The highest BCUT2D eigenvalue weighted by molar-refractivity contribution is 6.10. The lowest BCUT2D eigenvalue weighted by Crippen LogP contribution is -2.31. The fourth-order valence-electron chi connectivity index (χ4n) is 0.995. The standard InChI is InChI=1S/C10H11NO4/c1-2-15-10(14)9(13)8(12)7-4-3-5-11-6-7/h3-6,9,13H,2H2,1H3/t9-/m0/s1. The Morgan fingerprint density at radius 1 is 1.60 bits per heavy atom. The largest absolute Gasteiger partial charge is 0.464 e. The van der Waals surface area contributed by atoms with Crippen LogP contribution in [0.5, 0.6) is 0 Å². The summed E-state index contributed by atoms with van der Waals surface area (Å²) in [5, 5.41) is 9.32. The van der Waals surface area contributed by atoms with Gasteiger partial charge in [0.25, 0.3) is 0 Å². The summed E-state index contributed by atoms with van der Waals surface area (Å²) in [6, 6.07) is 3.02. The Balaban J connectivity index is 2.73. The lowest BCUT2D eigenvalue weighted by molar-refractivity contribution is -0.150. The number of hydrogen-bond acceptors (Lipinski definition) is 5. The van der Waals surface area contributed by atoms with Gasteiger partial charge in [0, 0.05) is 18.0 Å². The van der Waals surface area contributed by atoms with Gasteiger partial charge in [0.1, 0.15) is 0 Å². The van der Waals surface area contributed by atoms with Crippen LogP contribution in [0.2, 0.25) is 0 Å². The average molecular weight is 209 g/mol. The Morgan fingerprint density at radius 3 is 2.87 bits per heavy atom. The number of carbonyl (C=O) groups is 2. The van der Waals surface area contributed by atoms with E-state index in [9.17, 15) is 14.7 Å². The van der Waals surface area contributed by atoms with Crippen LogP contribution in [0, 0.1) is 0 Å². The molecule has 0 saturated carbocycles. The maximum atomic E-state index is 11.5. The number of ketones is 1. The van der Waals surface area contributed by atoms with E-state index in [0.29, 0.717) is 0 Å². The number of pyridine rings is 1. The molecule has 0 amide bonds. The molecular weight excluding hydrogens is 198 g/mol. The second-order valence-corrected chi connectivity index (χ2v) is 2.76. The maximum Gasteiger partial charge on any atom is 0.343 e. The molecule has 1 heterocycles. The number of Topliss-reactive ketones (excluding diaryl/α,β-unsaturated/α-hetero) is 1. The topological polar surface area (TPSA) is 76.5 Å². The quantitative estimate of drug-likeness (QED) is 0.435. The van der Waals surface area contributed by atoms with E-state index in [1.807, 2.05) is 0 Å². The zero-order valence-electron chi connectivity index (χ0n) is 8.21. The molecule has 0 fully saturated rings. The Bertz CT molecular complexity index is 350. The van der Waals surface area contributed by atoms with Crippen molar-refractivity contribution in [1.82, 2.24) is 4.98 Å². The van der Waals surface area contributed by atoms with Gasteiger partial charge in [0.05, 0.1) is 6.61 Å². The second kappa shape index (κ2) is 5.21. The highest BCUT2D eigenvalue weighted by Crippen LogP contribution is 2.03. The fraction of sp³-hybridized carbons (Fsp3) is 0.300. The van der Waals surface area contributed by atoms with E-state index in [2.05, 4.69) is 9.72 Å². The summed E-state index contributed by atoms with van der Waals surface area (Å²) in [7, 11) is 0. The lowest BCUT2D eigenvalue weighted by atomic mass is 10.1. The Kier molecular flexibility index (Phi) is 3.93. The molecular formula is C10H11NO4. The second-order valence-electron chi connectivity index (χ2n) is 2.76. The van der Waals surface area contributed by atoms with Crippen molar-refractivity contribution in [3.63, 3.8) is 0 Å². The van der Waals surface area contributed by atoms with Crippen molar-refractivity contribution in [2.24, 2.45) is 0 Å². The van der Waals surface area contributed by atoms with Crippen LogP contribution < -0.4 is 0 Å². The lowest BCUT2D eigenvalue weighted by Gasteiger charge is -2.07. The van der Waals surface area contributed by atoms with Gasteiger partial charge in [-0.3, -0.25) is 9.78 Å². The highest BCUT2D eigenvalue weighted by atomic mass is 16.5. The van der Waals surface area contributed by atoms with Crippen molar-refractivity contribution in [3.05, 3.63) is 30.1 Å². The third-order valence-electron chi connectivity index (χ3n) is 1.70. The zero-order chi connectivity index (χ0) is 11.3. The number of ether oxygens (including phenoxy) is 1. The summed E-state index contributed by atoms with van der Waals surface area (Å²) in [5.74, 6) is -1.65. The Hall–Kier alpha value is -1.75. The summed E-state index contributed by atoms with van der Waals surface area (Å²) in [4.78, 5) is 26.2. The molecule has 1 aromatic rings. The number of aromatic nitrogens is 1. The molecule has 0 aliphatic heterocycles. The first-order chi connectivity index (χ1) is 7.16. The van der Waals surface area contributed by atoms with E-state index >= 15 is 0 Å². The SMILES string of the molecule is CCOC(=O)[C@@H](O)C(=O)c1cccnc1. The Morgan fingerprint density at radius 2 is 2.33 bits per heavy atom. The van der Waals surface area contributed by atoms with Gasteiger partial charge in [-0.25, -0.2) is 4.79 Å². The van der Waals surface area contributed by atoms with Gasteiger partial charge in [-0.15, -0.1) is 0 Å². The van der Waals surface area contributed by atoms with Crippen LogP contribution in [-0.2, 0) is 9.53 Å². The Labute approximate surface area is 86.7 Å². The van der Waals surface area contributed by atoms with Crippen molar-refractivity contribution in [1.29, 1.82) is 0 Å². The summed E-state index contributed by atoms with van der Waals surface area (Å²) in [6.07, 6.45) is 1.01. The number of aliphatic hydroxyl groups excluding tert-OH is 1. The first-order valence-electron chi connectivity index (χ1n) is 4.45. The van der Waals surface area contributed by atoms with Crippen molar-refractivity contribution >= 4 is 11.8 Å². The maximum absolute atomic E-state index is 11.5. The number of esters is 1. The van der Waals surface area contributed by atoms with Gasteiger partial charge >= 0.3 is 5.97 Å². The first kappa shape index (κ1) is 11.3. The van der Waals surface area contributed by atoms with E-state index in [1.54, 1.807) is 13.0 Å². The number of nitrogens with zero attached hydrogens (tertiary/aromatic N) is 1. The molecule has 1 atom stereocenters. The van der Waals surface area contributed by atoms with E-state index in [0.717, 1.165) is 0 Å². The molecule has 0 aliphatic rings. The van der Waals surface area contributed by atoms with Gasteiger partial charge in [0.15, 0.2) is 0 Å². The monoisotopic (exact) mass is 209 g/mol. The van der Waals surface area contributed by atoms with Crippen LogP contribution in [0.3, 0.4) is 0 Å². The smallest absolute Gasteiger partial charge is 0.343 e. The minimum absolute atomic E-state index is 0.121. The summed E-state index contributed by atoms with van der Waals surface area (Å²) < 4.78 is 4.52. The van der Waals surface area contributed by atoms with E-state index in [4.69, 9.17) is 0 Å². The molecule has 1 rings (SSSR count). The third kappa shape index (κ3) is 2.85. The van der Waals surface area contributed by atoms with Gasteiger partial charge in [-0.2, -0.15) is 0 Å². The minimum Gasteiger partial charge on any atom is -0.464 e. The van der Waals surface area contributed by atoms with Crippen LogP contribution in [0.1, 0.15) is 17.3 Å². The molecule has 80 valence electrons. The molecule has 1 aromatic heterocycles. The molecule has 1 N–H and O–H groups in total. The summed E-state index contributed by atoms with van der Waals surface area (Å²) >= 11 is 0. The normalized spacial score (nSPS) is 11.9. The molecule has 0 spiro atoms. The summed E-state index contributed by atoms with van der Waals surface area (Å²) in [6.45, 7) is 1.72. The van der Waals surface area contributed by atoms with Crippen molar-refractivity contribution in [2.45, 2.75) is 13.0 Å². The number of aliphatic hydroxyl groups is 1. The van der Waals surface area contributed by atoms with Gasteiger partial charge < -0.3 is 9.84 Å². The number of carbonyl (C=O) groups excluding carboxylic acids is 2. The molecule has 0 saturated heterocycles. The fourth-order valence-corrected chi connectivity index (χ4v) is 0.995. The average Bonchev–Trinajstić information content (AvgIpc) is 2.28. The highest BCUT2D eigenvalue weighted by Gasteiger charge is 2.26. The van der Waals surface area contributed by atoms with Crippen LogP contribution in [0.15, 0.2) is 24.5 Å². The molecule has 5 heteroatoms. The molecule has 0 unspecified atom stereocenters. The van der Waals surface area contributed by atoms with Crippen molar-refractivity contribution in [2.75, 3.05) is 6.61 Å². The van der Waals surface area contributed by atoms with Gasteiger partial charge in [-0.05, 0) is 19.1 Å².